The lowest BCUT2D eigenvalue weighted by atomic mass is 9.94. The highest BCUT2D eigenvalue weighted by molar-refractivity contribution is 6.46. The molecule has 3 rings (SSSR count). The van der Waals surface area contributed by atoms with Gasteiger partial charge in [0.15, 0.2) is 0 Å². The fourth-order valence-corrected chi connectivity index (χ4v) is 4.79. The first kappa shape index (κ1) is 28.3. The van der Waals surface area contributed by atoms with E-state index in [9.17, 15) is 14.7 Å². The second-order valence-corrected chi connectivity index (χ2v) is 9.37. The van der Waals surface area contributed by atoms with Crippen molar-refractivity contribution in [2.24, 2.45) is 0 Å². The number of benzene rings is 2. The zero-order chi connectivity index (χ0) is 26.8. The molecule has 7 heteroatoms. The van der Waals surface area contributed by atoms with Gasteiger partial charge in [0.05, 0.1) is 25.8 Å². The number of ketones is 1. The molecule has 0 aromatic heterocycles. The van der Waals surface area contributed by atoms with Gasteiger partial charge < -0.3 is 24.4 Å². The molecule has 1 unspecified atom stereocenters. The van der Waals surface area contributed by atoms with Crippen molar-refractivity contribution in [2.45, 2.75) is 52.0 Å². The Hall–Kier alpha value is -3.32. The number of amides is 1. The van der Waals surface area contributed by atoms with Gasteiger partial charge in [0.2, 0.25) is 0 Å². The van der Waals surface area contributed by atoms with Crippen LogP contribution < -0.4 is 9.47 Å². The van der Waals surface area contributed by atoms with Crippen molar-refractivity contribution in [3.05, 3.63) is 65.2 Å². The molecule has 2 aromatic rings. The molecule has 0 saturated carbocycles. The van der Waals surface area contributed by atoms with Gasteiger partial charge in [0.1, 0.15) is 17.3 Å². The van der Waals surface area contributed by atoms with Crippen LogP contribution in [0, 0.1) is 0 Å². The molecule has 0 spiro atoms. The van der Waals surface area contributed by atoms with E-state index in [1.54, 1.807) is 61.6 Å². The fourth-order valence-electron chi connectivity index (χ4n) is 4.79. The SMILES string of the molecule is CCCCN(CCCC)CCCN1C(=O)C(=O)/C(=C(\O)c2ccccc2)C1c1ccc(OC)cc1OC. The van der Waals surface area contributed by atoms with E-state index in [2.05, 4.69) is 18.7 Å². The molecule has 0 bridgehead atoms. The van der Waals surface area contributed by atoms with Gasteiger partial charge in [0.25, 0.3) is 11.7 Å². The molecule has 1 aliphatic heterocycles. The van der Waals surface area contributed by atoms with Crippen LogP contribution in [0.15, 0.2) is 54.1 Å². The third-order valence-corrected chi connectivity index (χ3v) is 6.85. The number of nitrogens with zero attached hydrogens (tertiary/aromatic N) is 2. The molecule has 0 aliphatic carbocycles. The van der Waals surface area contributed by atoms with Gasteiger partial charge in [-0.25, -0.2) is 0 Å². The largest absolute Gasteiger partial charge is 0.507 e. The van der Waals surface area contributed by atoms with Crippen LogP contribution in [0.2, 0.25) is 0 Å². The summed E-state index contributed by atoms with van der Waals surface area (Å²) in [5.74, 6) is -0.380. The molecule has 37 heavy (non-hydrogen) atoms. The number of aliphatic hydroxyl groups is 1. The van der Waals surface area contributed by atoms with Crippen LogP contribution in [0.3, 0.4) is 0 Å². The topological polar surface area (TPSA) is 79.3 Å². The number of hydrogen-bond acceptors (Lipinski definition) is 6. The lowest BCUT2D eigenvalue weighted by Gasteiger charge is -2.28. The Labute approximate surface area is 220 Å². The Balaban J connectivity index is 1.98. The maximum atomic E-state index is 13.3. The van der Waals surface area contributed by atoms with E-state index in [0.717, 1.165) is 51.7 Å². The molecule has 1 saturated heterocycles. The quantitative estimate of drug-likeness (QED) is 0.209. The standard InChI is InChI=1S/C30H40N2O5/c1-5-7-17-31(18-8-6-2)19-12-20-32-27(24-16-15-23(36-3)21-25(24)37-4)26(29(34)30(32)35)28(33)22-13-10-9-11-14-22/h9-11,13-16,21,27,33H,5-8,12,17-20H2,1-4H3/b28-26-. The summed E-state index contributed by atoms with van der Waals surface area (Å²) in [6, 6.07) is 13.4. The molecule has 1 aliphatic rings. The van der Waals surface area contributed by atoms with Crippen LogP contribution in [-0.2, 0) is 9.59 Å². The summed E-state index contributed by atoms with van der Waals surface area (Å²) < 4.78 is 11.0. The van der Waals surface area contributed by atoms with Crippen molar-refractivity contribution >= 4 is 17.4 Å². The van der Waals surface area contributed by atoms with Crippen LogP contribution >= 0.6 is 0 Å². The predicted molar refractivity (Wildman–Crippen MR) is 146 cm³/mol. The van der Waals surface area contributed by atoms with Gasteiger partial charge in [-0.1, -0.05) is 57.0 Å². The molecule has 1 N–H and O–H groups in total. The van der Waals surface area contributed by atoms with Gasteiger partial charge in [-0.2, -0.15) is 0 Å². The maximum Gasteiger partial charge on any atom is 0.295 e. The number of Topliss-reactive ketones (excluding diaryl/α,β-unsaturated/α-hetero) is 1. The van der Waals surface area contributed by atoms with Gasteiger partial charge in [-0.3, -0.25) is 9.59 Å². The van der Waals surface area contributed by atoms with Crippen LogP contribution in [-0.4, -0.2) is 67.0 Å². The van der Waals surface area contributed by atoms with E-state index in [1.165, 1.54) is 0 Å². The average Bonchev–Trinajstić information content (AvgIpc) is 3.18. The Morgan fingerprint density at radius 2 is 1.57 bits per heavy atom. The van der Waals surface area contributed by atoms with E-state index in [1.807, 2.05) is 6.07 Å². The molecule has 7 nitrogen and oxygen atoms in total. The minimum atomic E-state index is -0.763. The number of methoxy groups -OCH3 is 2. The van der Waals surface area contributed by atoms with Gasteiger partial charge in [-0.15, -0.1) is 0 Å². The van der Waals surface area contributed by atoms with Crippen molar-refractivity contribution < 1.29 is 24.2 Å². The fraction of sp³-hybridized carbons (Fsp3) is 0.467. The summed E-state index contributed by atoms with van der Waals surface area (Å²) >= 11 is 0. The summed E-state index contributed by atoms with van der Waals surface area (Å²) in [7, 11) is 3.11. The second kappa shape index (κ2) is 13.8. The number of hydrogen-bond donors (Lipinski definition) is 1. The van der Waals surface area contributed by atoms with Crippen molar-refractivity contribution in [3.8, 4) is 11.5 Å². The molecular weight excluding hydrogens is 468 g/mol. The van der Waals surface area contributed by atoms with Gasteiger partial charge >= 0.3 is 0 Å². The number of carbonyl (C=O) groups excluding carboxylic acids is 2. The second-order valence-electron chi connectivity index (χ2n) is 9.37. The van der Waals surface area contributed by atoms with Crippen LogP contribution in [0.5, 0.6) is 11.5 Å². The molecule has 1 heterocycles. The molecule has 200 valence electrons. The summed E-state index contributed by atoms with van der Waals surface area (Å²) in [4.78, 5) is 30.7. The van der Waals surface area contributed by atoms with E-state index in [-0.39, 0.29) is 11.3 Å². The van der Waals surface area contributed by atoms with Crippen molar-refractivity contribution in [2.75, 3.05) is 40.4 Å². The van der Waals surface area contributed by atoms with Crippen LogP contribution in [0.25, 0.3) is 5.76 Å². The summed E-state index contributed by atoms with van der Waals surface area (Å²) in [5, 5.41) is 11.2. The molecule has 1 atom stereocenters. The number of carbonyl (C=O) groups is 2. The maximum absolute atomic E-state index is 13.3. The summed E-state index contributed by atoms with van der Waals surface area (Å²) in [6.07, 6.45) is 5.26. The number of aliphatic hydroxyl groups excluding tert-OH is 1. The molecule has 1 amide bonds. The van der Waals surface area contributed by atoms with Crippen LogP contribution in [0.4, 0.5) is 0 Å². The molecule has 2 aromatic carbocycles. The van der Waals surface area contributed by atoms with Crippen molar-refractivity contribution in [3.63, 3.8) is 0 Å². The van der Waals surface area contributed by atoms with E-state index in [0.29, 0.717) is 29.2 Å². The number of ether oxygens (including phenoxy) is 2. The Morgan fingerprint density at radius 1 is 0.919 bits per heavy atom. The lowest BCUT2D eigenvalue weighted by molar-refractivity contribution is -0.140. The Kier molecular flexibility index (Phi) is 10.6. The van der Waals surface area contributed by atoms with E-state index < -0.39 is 17.7 Å². The van der Waals surface area contributed by atoms with E-state index >= 15 is 0 Å². The zero-order valence-electron chi connectivity index (χ0n) is 22.5. The smallest absolute Gasteiger partial charge is 0.295 e. The summed E-state index contributed by atoms with van der Waals surface area (Å²) in [5.41, 5.74) is 1.20. The first-order valence-corrected chi connectivity index (χ1v) is 13.2. The lowest BCUT2D eigenvalue weighted by Crippen LogP contribution is -2.34. The highest BCUT2D eigenvalue weighted by atomic mass is 16.5. The Morgan fingerprint density at radius 3 is 2.16 bits per heavy atom. The van der Waals surface area contributed by atoms with Crippen LogP contribution in [0.1, 0.15) is 63.1 Å². The minimum absolute atomic E-state index is 0.0773. The summed E-state index contributed by atoms with van der Waals surface area (Å²) in [6.45, 7) is 7.66. The van der Waals surface area contributed by atoms with Gasteiger partial charge in [-0.05, 0) is 51.0 Å². The van der Waals surface area contributed by atoms with Crippen molar-refractivity contribution in [1.82, 2.24) is 9.80 Å². The third-order valence-electron chi connectivity index (χ3n) is 6.85. The highest BCUT2D eigenvalue weighted by Gasteiger charge is 2.46. The number of unbranched alkanes of at least 4 members (excludes halogenated alkanes) is 2. The molecule has 0 radical (unpaired) electrons. The molecular formula is C30H40N2O5. The number of rotatable bonds is 14. The zero-order valence-corrected chi connectivity index (χ0v) is 22.5. The monoisotopic (exact) mass is 508 g/mol. The predicted octanol–water partition coefficient (Wildman–Crippen LogP) is 5.42. The first-order chi connectivity index (χ1) is 18.0. The average molecular weight is 509 g/mol. The minimum Gasteiger partial charge on any atom is -0.507 e. The van der Waals surface area contributed by atoms with Crippen molar-refractivity contribution in [1.29, 1.82) is 0 Å². The molecule has 1 fully saturated rings. The number of likely N-dealkylation sites (tertiary alicyclic amines) is 1. The van der Waals surface area contributed by atoms with Gasteiger partial charge in [0, 0.05) is 23.7 Å². The highest BCUT2D eigenvalue weighted by Crippen LogP contribution is 2.43. The Bertz CT molecular complexity index is 1070. The third kappa shape index (κ3) is 6.72. The first-order valence-electron chi connectivity index (χ1n) is 13.2. The normalized spacial score (nSPS) is 17.0. The van der Waals surface area contributed by atoms with E-state index in [4.69, 9.17) is 9.47 Å².